The van der Waals surface area contributed by atoms with E-state index in [-0.39, 0.29) is 18.6 Å². The molecular formula is C16H22F2N2O2S. The highest BCUT2D eigenvalue weighted by Crippen LogP contribution is 2.25. The first-order chi connectivity index (χ1) is 11.0. The summed E-state index contributed by atoms with van der Waals surface area (Å²) < 4.78 is 24.6. The van der Waals surface area contributed by atoms with Gasteiger partial charge in [-0.3, -0.25) is 9.69 Å². The molecule has 1 N–H and O–H groups in total. The first kappa shape index (κ1) is 18.2. The van der Waals surface area contributed by atoms with Crippen LogP contribution in [0.2, 0.25) is 0 Å². The first-order valence-corrected chi connectivity index (χ1v) is 8.62. The number of aliphatic hydroxyl groups is 1. The van der Waals surface area contributed by atoms with E-state index in [0.717, 1.165) is 19.5 Å². The molecule has 4 nitrogen and oxygen atoms in total. The van der Waals surface area contributed by atoms with Crippen LogP contribution in [0.25, 0.3) is 0 Å². The van der Waals surface area contributed by atoms with Gasteiger partial charge in [0.1, 0.15) is 0 Å². The van der Waals surface area contributed by atoms with Gasteiger partial charge in [0.2, 0.25) is 0 Å². The minimum Gasteiger partial charge on any atom is -0.395 e. The third-order valence-corrected chi connectivity index (χ3v) is 4.85. The molecule has 128 valence electrons. The largest absolute Gasteiger partial charge is 0.395 e. The molecule has 23 heavy (non-hydrogen) atoms. The summed E-state index contributed by atoms with van der Waals surface area (Å²) in [7, 11) is 0. The average molecular weight is 344 g/mol. The van der Waals surface area contributed by atoms with Crippen molar-refractivity contribution < 1.29 is 18.7 Å². The van der Waals surface area contributed by atoms with Crippen LogP contribution in [0.5, 0.6) is 0 Å². The van der Waals surface area contributed by atoms with Gasteiger partial charge in [-0.05, 0) is 30.7 Å². The fourth-order valence-corrected chi connectivity index (χ4v) is 3.25. The highest BCUT2D eigenvalue weighted by atomic mass is 32.2. The molecule has 1 amide bonds. The molecule has 7 heteroatoms. The third-order valence-electron chi connectivity index (χ3n) is 4.13. The Morgan fingerprint density at radius 1 is 1.22 bits per heavy atom. The Morgan fingerprint density at radius 3 is 2.30 bits per heavy atom. The average Bonchev–Trinajstić information content (AvgIpc) is 2.56. The summed E-state index contributed by atoms with van der Waals surface area (Å²) in [6.45, 7) is 4.88. The maximum atomic E-state index is 12.5. The van der Waals surface area contributed by atoms with Crippen LogP contribution in [0.4, 0.5) is 8.78 Å². The highest BCUT2D eigenvalue weighted by molar-refractivity contribution is 7.99. The zero-order valence-electron chi connectivity index (χ0n) is 13.1. The molecule has 0 aliphatic carbocycles. The molecule has 0 radical (unpaired) electrons. The SMILES string of the molecule is CCC(CO)N1CCN(C(=O)c2ccc(SC(F)F)cc2)CC1. The van der Waals surface area contributed by atoms with Crippen molar-refractivity contribution in [3.05, 3.63) is 29.8 Å². The molecule has 2 rings (SSSR count). The van der Waals surface area contributed by atoms with Crippen molar-refractivity contribution in [1.29, 1.82) is 0 Å². The van der Waals surface area contributed by atoms with Crippen molar-refractivity contribution in [2.45, 2.75) is 30.0 Å². The van der Waals surface area contributed by atoms with Crippen molar-refractivity contribution in [1.82, 2.24) is 9.80 Å². The van der Waals surface area contributed by atoms with Gasteiger partial charge < -0.3 is 10.0 Å². The summed E-state index contributed by atoms with van der Waals surface area (Å²) in [5.74, 6) is -2.53. The molecular weight excluding hydrogens is 322 g/mol. The van der Waals surface area contributed by atoms with E-state index < -0.39 is 5.76 Å². The summed E-state index contributed by atoms with van der Waals surface area (Å²) in [5.41, 5.74) is 0.520. The number of amides is 1. The van der Waals surface area contributed by atoms with Gasteiger partial charge in [0.15, 0.2) is 0 Å². The van der Waals surface area contributed by atoms with Crippen LogP contribution < -0.4 is 0 Å². The molecule has 1 saturated heterocycles. The molecule has 0 spiro atoms. The van der Waals surface area contributed by atoms with Crippen LogP contribution in [0, 0.1) is 0 Å². The quantitative estimate of drug-likeness (QED) is 0.806. The van der Waals surface area contributed by atoms with Gasteiger partial charge in [0, 0.05) is 42.7 Å². The smallest absolute Gasteiger partial charge is 0.288 e. The van der Waals surface area contributed by atoms with Crippen LogP contribution in [0.15, 0.2) is 29.2 Å². The van der Waals surface area contributed by atoms with Gasteiger partial charge in [-0.1, -0.05) is 18.7 Å². The predicted octanol–water partition coefficient (Wildman–Crippen LogP) is 2.53. The van der Waals surface area contributed by atoms with E-state index in [0.29, 0.717) is 35.3 Å². The van der Waals surface area contributed by atoms with Crippen LogP contribution in [0.1, 0.15) is 23.7 Å². The number of piperazine rings is 1. The fraction of sp³-hybridized carbons (Fsp3) is 0.562. The van der Waals surface area contributed by atoms with E-state index in [1.807, 2.05) is 6.92 Å². The van der Waals surface area contributed by atoms with E-state index >= 15 is 0 Å². The summed E-state index contributed by atoms with van der Waals surface area (Å²) >= 11 is 0.474. The van der Waals surface area contributed by atoms with E-state index in [1.165, 1.54) is 0 Å². The van der Waals surface area contributed by atoms with E-state index in [2.05, 4.69) is 4.90 Å². The normalized spacial score (nSPS) is 17.5. The van der Waals surface area contributed by atoms with E-state index in [9.17, 15) is 18.7 Å². The van der Waals surface area contributed by atoms with Crippen molar-refractivity contribution in [2.75, 3.05) is 32.8 Å². The molecule has 0 aromatic heterocycles. The molecule has 1 fully saturated rings. The molecule has 1 unspecified atom stereocenters. The van der Waals surface area contributed by atoms with E-state index in [1.54, 1.807) is 29.2 Å². The second-order valence-corrected chi connectivity index (χ2v) is 6.54. The minimum atomic E-state index is -2.46. The number of nitrogens with zero attached hydrogens (tertiary/aromatic N) is 2. The van der Waals surface area contributed by atoms with Gasteiger partial charge in [-0.15, -0.1) is 0 Å². The lowest BCUT2D eigenvalue weighted by molar-refractivity contribution is 0.0472. The van der Waals surface area contributed by atoms with Gasteiger partial charge in [0.05, 0.1) is 6.61 Å². The van der Waals surface area contributed by atoms with Crippen molar-refractivity contribution >= 4 is 17.7 Å². The standard InChI is InChI=1S/C16H22F2N2O2S/c1-2-13(11-21)19-7-9-20(10-8-19)15(22)12-3-5-14(6-4-12)23-16(17)18/h3-6,13,16,21H,2,7-11H2,1H3. The number of carbonyl (C=O) groups is 1. The zero-order chi connectivity index (χ0) is 16.8. The molecule has 1 aromatic carbocycles. The lowest BCUT2D eigenvalue weighted by atomic mass is 10.1. The maximum Gasteiger partial charge on any atom is 0.288 e. The van der Waals surface area contributed by atoms with E-state index in [4.69, 9.17) is 0 Å². The predicted molar refractivity (Wildman–Crippen MR) is 86.9 cm³/mol. The van der Waals surface area contributed by atoms with Crippen LogP contribution in [0.3, 0.4) is 0 Å². The summed E-state index contributed by atoms with van der Waals surface area (Å²) in [6.07, 6.45) is 0.883. The Labute approximate surface area is 139 Å². The van der Waals surface area contributed by atoms with Crippen LogP contribution >= 0.6 is 11.8 Å². The van der Waals surface area contributed by atoms with Gasteiger partial charge in [0.25, 0.3) is 11.7 Å². The number of aliphatic hydroxyl groups excluding tert-OH is 1. The lowest BCUT2D eigenvalue weighted by Gasteiger charge is -2.38. The number of rotatable bonds is 6. The second-order valence-electron chi connectivity index (χ2n) is 5.48. The third kappa shape index (κ3) is 4.89. The Morgan fingerprint density at radius 2 is 1.83 bits per heavy atom. The number of carbonyl (C=O) groups excluding carboxylic acids is 1. The highest BCUT2D eigenvalue weighted by Gasteiger charge is 2.25. The number of benzene rings is 1. The number of thioether (sulfide) groups is 1. The monoisotopic (exact) mass is 344 g/mol. The van der Waals surface area contributed by atoms with Crippen LogP contribution in [-0.4, -0.2) is 65.4 Å². The van der Waals surface area contributed by atoms with Crippen molar-refractivity contribution in [2.24, 2.45) is 0 Å². The number of hydrogen-bond acceptors (Lipinski definition) is 4. The Balaban J connectivity index is 1.92. The van der Waals surface area contributed by atoms with Crippen molar-refractivity contribution in [3.8, 4) is 0 Å². The molecule has 0 bridgehead atoms. The summed E-state index contributed by atoms with van der Waals surface area (Å²) in [6, 6.07) is 6.46. The van der Waals surface area contributed by atoms with Crippen molar-refractivity contribution in [3.63, 3.8) is 0 Å². The fourth-order valence-electron chi connectivity index (χ4n) is 2.75. The molecule has 1 atom stereocenters. The number of alkyl halides is 2. The zero-order valence-corrected chi connectivity index (χ0v) is 13.9. The van der Waals surface area contributed by atoms with Crippen LogP contribution in [-0.2, 0) is 0 Å². The topological polar surface area (TPSA) is 43.8 Å². The maximum absolute atomic E-state index is 12.5. The van der Waals surface area contributed by atoms with Gasteiger partial charge in [-0.2, -0.15) is 8.78 Å². The number of halogens is 2. The lowest BCUT2D eigenvalue weighted by Crippen LogP contribution is -2.52. The second kappa shape index (κ2) is 8.61. The van der Waals surface area contributed by atoms with Gasteiger partial charge >= 0.3 is 0 Å². The van der Waals surface area contributed by atoms with Gasteiger partial charge in [-0.25, -0.2) is 0 Å². The summed E-state index contributed by atoms with van der Waals surface area (Å²) in [4.78, 5) is 16.9. The first-order valence-electron chi connectivity index (χ1n) is 7.74. The number of hydrogen-bond donors (Lipinski definition) is 1. The molecule has 1 aliphatic rings. The Hall–Kier alpha value is -1.18. The summed E-state index contributed by atoms with van der Waals surface area (Å²) in [5, 5.41) is 9.34. The Kier molecular flexibility index (Phi) is 6.80. The molecule has 1 aromatic rings. The minimum absolute atomic E-state index is 0.0738. The Bertz CT molecular complexity index is 501. The molecule has 0 saturated carbocycles. The molecule has 1 heterocycles. The molecule has 1 aliphatic heterocycles.